The van der Waals surface area contributed by atoms with Gasteiger partial charge in [-0.3, -0.25) is 0 Å². The first-order valence-corrected chi connectivity index (χ1v) is 8.28. The Morgan fingerprint density at radius 3 is 2.14 bits per heavy atom. The Kier molecular flexibility index (Phi) is 5.28. The van der Waals surface area contributed by atoms with Crippen LogP contribution in [0, 0.1) is 0 Å². The van der Waals surface area contributed by atoms with Gasteiger partial charge >= 0.3 is 0 Å². The molecule has 0 radical (unpaired) electrons. The van der Waals surface area contributed by atoms with Crippen molar-refractivity contribution in [2.45, 2.75) is 45.6 Å². The monoisotopic (exact) mass is 349 g/mol. The van der Waals surface area contributed by atoms with Crippen LogP contribution in [0.2, 0.25) is 0 Å². The van der Waals surface area contributed by atoms with Gasteiger partial charge in [-0.05, 0) is 57.6 Å². The average molecular weight is 350 g/mol. The molecule has 0 aliphatic heterocycles. The molecule has 2 rings (SSSR count). The van der Waals surface area contributed by atoms with Crippen LogP contribution in [0.3, 0.4) is 0 Å². The summed E-state index contributed by atoms with van der Waals surface area (Å²) in [5.41, 5.74) is 5.24. The fourth-order valence-electron chi connectivity index (χ4n) is 2.70. The molecular formula is C18H24BrNO. The lowest BCUT2D eigenvalue weighted by Gasteiger charge is -2.23. The molecule has 0 bridgehead atoms. The van der Waals surface area contributed by atoms with Crippen molar-refractivity contribution in [2.24, 2.45) is 0 Å². The predicted molar refractivity (Wildman–Crippen MR) is 91.9 cm³/mol. The number of furan rings is 1. The third kappa shape index (κ3) is 3.41. The van der Waals surface area contributed by atoms with Crippen molar-refractivity contribution < 1.29 is 4.42 Å². The third-order valence-electron chi connectivity index (χ3n) is 3.96. The van der Waals surface area contributed by atoms with Crippen LogP contribution in [-0.2, 0) is 0 Å². The lowest BCUT2D eigenvalue weighted by molar-refractivity contribution is 0.529. The second-order valence-electron chi connectivity index (χ2n) is 6.07. The van der Waals surface area contributed by atoms with E-state index in [1.54, 1.807) is 6.26 Å². The van der Waals surface area contributed by atoms with Crippen LogP contribution in [-0.4, -0.2) is 7.05 Å². The summed E-state index contributed by atoms with van der Waals surface area (Å²) < 4.78 is 6.20. The Morgan fingerprint density at radius 2 is 1.67 bits per heavy atom. The van der Waals surface area contributed by atoms with Gasteiger partial charge in [0.05, 0.1) is 12.3 Å². The second kappa shape index (κ2) is 6.80. The Labute approximate surface area is 136 Å². The van der Waals surface area contributed by atoms with Gasteiger partial charge in [0.2, 0.25) is 0 Å². The molecule has 1 aromatic heterocycles. The minimum Gasteiger partial charge on any atom is -0.457 e. The van der Waals surface area contributed by atoms with E-state index in [0.29, 0.717) is 11.8 Å². The predicted octanol–water partition coefficient (Wildman–Crippen LogP) is 5.60. The maximum absolute atomic E-state index is 5.41. The van der Waals surface area contributed by atoms with Crippen molar-refractivity contribution in [1.82, 2.24) is 5.32 Å². The van der Waals surface area contributed by atoms with Crippen molar-refractivity contribution in [1.29, 1.82) is 0 Å². The standard InChI is InChI=1S/C18H24BrNO/c1-11(2)13-6-7-14(16(10-13)12(3)4)17(20-5)15-8-9-21-18(15)19/h6-12,17,20H,1-5H3. The molecule has 2 aromatic rings. The Hall–Kier alpha value is -1.06. The van der Waals surface area contributed by atoms with Crippen molar-refractivity contribution in [2.75, 3.05) is 7.05 Å². The number of benzene rings is 1. The highest BCUT2D eigenvalue weighted by molar-refractivity contribution is 9.10. The number of rotatable bonds is 5. The van der Waals surface area contributed by atoms with E-state index in [4.69, 9.17) is 4.42 Å². The summed E-state index contributed by atoms with van der Waals surface area (Å²) in [6.07, 6.45) is 1.72. The van der Waals surface area contributed by atoms with Gasteiger partial charge in [0.1, 0.15) is 0 Å². The number of halogens is 1. The molecule has 21 heavy (non-hydrogen) atoms. The van der Waals surface area contributed by atoms with Gasteiger partial charge in [-0.2, -0.15) is 0 Å². The summed E-state index contributed by atoms with van der Waals surface area (Å²) in [5, 5.41) is 3.42. The minimum absolute atomic E-state index is 0.136. The fraction of sp³-hybridized carbons (Fsp3) is 0.444. The topological polar surface area (TPSA) is 25.2 Å². The molecule has 0 fully saturated rings. The van der Waals surface area contributed by atoms with Gasteiger partial charge in [0, 0.05) is 5.56 Å². The second-order valence-corrected chi connectivity index (χ2v) is 6.79. The fourth-order valence-corrected chi connectivity index (χ4v) is 3.17. The third-order valence-corrected chi connectivity index (χ3v) is 4.60. The summed E-state index contributed by atoms with van der Waals surface area (Å²) in [6, 6.07) is 9.00. The number of hydrogen-bond donors (Lipinski definition) is 1. The van der Waals surface area contributed by atoms with Crippen molar-refractivity contribution in [3.63, 3.8) is 0 Å². The zero-order valence-electron chi connectivity index (χ0n) is 13.4. The van der Waals surface area contributed by atoms with E-state index >= 15 is 0 Å². The normalized spacial score (nSPS) is 13.1. The molecule has 0 amide bonds. The zero-order chi connectivity index (χ0) is 15.6. The molecule has 0 aliphatic rings. The molecule has 1 atom stereocenters. The molecule has 1 heterocycles. The van der Waals surface area contributed by atoms with Crippen molar-refractivity contribution in [3.8, 4) is 0 Å². The molecule has 1 unspecified atom stereocenters. The smallest absolute Gasteiger partial charge is 0.174 e. The van der Waals surface area contributed by atoms with Gasteiger partial charge in [-0.15, -0.1) is 0 Å². The highest BCUT2D eigenvalue weighted by atomic mass is 79.9. The first-order valence-electron chi connectivity index (χ1n) is 7.49. The van der Waals surface area contributed by atoms with Crippen LogP contribution in [0.5, 0.6) is 0 Å². The first kappa shape index (κ1) is 16.3. The van der Waals surface area contributed by atoms with Crippen molar-refractivity contribution in [3.05, 3.63) is 57.5 Å². The summed E-state index contributed by atoms with van der Waals surface area (Å²) in [5.74, 6) is 1.03. The molecule has 1 N–H and O–H groups in total. The van der Waals surface area contributed by atoms with E-state index in [-0.39, 0.29) is 6.04 Å². The Balaban J connectivity index is 2.53. The summed E-state index contributed by atoms with van der Waals surface area (Å²) in [6.45, 7) is 8.98. The Morgan fingerprint density at radius 1 is 0.952 bits per heavy atom. The van der Waals surface area contributed by atoms with Gasteiger partial charge in [-0.25, -0.2) is 0 Å². The molecule has 0 saturated heterocycles. The van der Waals surface area contributed by atoms with E-state index in [1.165, 1.54) is 16.7 Å². The summed E-state index contributed by atoms with van der Waals surface area (Å²) in [7, 11) is 1.99. The zero-order valence-corrected chi connectivity index (χ0v) is 15.0. The van der Waals surface area contributed by atoms with Crippen LogP contribution in [0.25, 0.3) is 0 Å². The highest BCUT2D eigenvalue weighted by Gasteiger charge is 2.21. The largest absolute Gasteiger partial charge is 0.457 e. The van der Waals surface area contributed by atoms with Crippen LogP contribution in [0.4, 0.5) is 0 Å². The van der Waals surface area contributed by atoms with Gasteiger partial charge in [0.25, 0.3) is 0 Å². The first-order chi connectivity index (χ1) is 9.95. The summed E-state index contributed by atoms with van der Waals surface area (Å²) >= 11 is 3.50. The molecule has 3 heteroatoms. The molecule has 1 aromatic carbocycles. The van der Waals surface area contributed by atoms with E-state index in [1.807, 2.05) is 13.1 Å². The molecule has 114 valence electrons. The van der Waals surface area contributed by atoms with Gasteiger partial charge < -0.3 is 9.73 Å². The average Bonchev–Trinajstić information content (AvgIpc) is 2.86. The molecule has 0 spiro atoms. The Bertz CT molecular complexity index is 601. The minimum atomic E-state index is 0.136. The summed E-state index contributed by atoms with van der Waals surface area (Å²) in [4.78, 5) is 0. The lowest BCUT2D eigenvalue weighted by atomic mass is 9.87. The van der Waals surface area contributed by atoms with Crippen LogP contribution >= 0.6 is 15.9 Å². The van der Waals surface area contributed by atoms with E-state index in [0.717, 1.165) is 10.2 Å². The van der Waals surface area contributed by atoms with Crippen LogP contribution in [0.1, 0.15) is 67.8 Å². The van der Waals surface area contributed by atoms with E-state index < -0.39 is 0 Å². The molecule has 0 aliphatic carbocycles. The highest BCUT2D eigenvalue weighted by Crippen LogP contribution is 2.35. The lowest BCUT2D eigenvalue weighted by Crippen LogP contribution is -2.19. The van der Waals surface area contributed by atoms with Gasteiger partial charge in [-0.1, -0.05) is 45.9 Å². The van der Waals surface area contributed by atoms with E-state index in [9.17, 15) is 0 Å². The maximum Gasteiger partial charge on any atom is 0.174 e. The van der Waals surface area contributed by atoms with Crippen molar-refractivity contribution >= 4 is 15.9 Å². The quantitative estimate of drug-likeness (QED) is 0.760. The SMILES string of the molecule is CNC(c1ccc(C(C)C)cc1C(C)C)c1ccoc1Br. The van der Waals surface area contributed by atoms with E-state index in [2.05, 4.69) is 67.1 Å². The van der Waals surface area contributed by atoms with Crippen LogP contribution < -0.4 is 5.32 Å². The maximum atomic E-state index is 5.41. The number of hydrogen-bond acceptors (Lipinski definition) is 2. The molecule has 0 saturated carbocycles. The van der Waals surface area contributed by atoms with Gasteiger partial charge in [0.15, 0.2) is 4.67 Å². The number of nitrogens with one attached hydrogen (secondary N) is 1. The van der Waals surface area contributed by atoms with Crippen LogP contribution in [0.15, 0.2) is 39.6 Å². The molecular weight excluding hydrogens is 326 g/mol. The molecule has 2 nitrogen and oxygen atoms in total.